The second-order valence-corrected chi connectivity index (χ2v) is 3.38. The Labute approximate surface area is 84.5 Å². The number of hydrogen-bond donors (Lipinski definition) is 0. The van der Waals surface area contributed by atoms with E-state index in [9.17, 15) is 4.79 Å². The molecule has 1 aromatic carbocycles. The highest BCUT2D eigenvalue weighted by Crippen LogP contribution is 2.04. The molecular weight excluding hydrogens is 174 g/mol. The summed E-state index contributed by atoms with van der Waals surface area (Å²) < 4.78 is 0. The Morgan fingerprint density at radius 2 is 1.93 bits per heavy atom. The van der Waals surface area contributed by atoms with E-state index < -0.39 is 0 Å². The summed E-state index contributed by atoms with van der Waals surface area (Å²) in [5.74, 6) is 2.62. The average Bonchev–Trinajstić information content (AvgIpc) is 2.17. The maximum absolute atomic E-state index is 11.6. The van der Waals surface area contributed by atoms with Crippen molar-refractivity contribution < 1.29 is 4.79 Å². The van der Waals surface area contributed by atoms with Gasteiger partial charge in [0.15, 0.2) is 5.78 Å². The van der Waals surface area contributed by atoms with Crippen LogP contribution in [0.4, 0.5) is 0 Å². The van der Waals surface area contributed by atoms with Crippen molar-refractivity contribution in [3.05, 3.63) is 35.4 Å². The predicted molar refractivity (Wildman–Crippen MR) is 57.3 cm³/mol. The van der Waals surface area contributed by atoms with Gasteiger partial charge in [-0.3, -0.25) is 4.79 Å². The molecule has 0 bridgehead atoms. The van der Waals surface area contributed by atoms with Crippen LogP contribution in [0.2, 0.25) is 0 Å². The van der Waals surface area contributed by atoms with E-state index in [1.54, 1.807) is 24.3 Å². The standard InChI is InChI=1S/C12H13NO/c1-4-10-5-7-11(8-6-10)12(14)9-13(2)3/h1,5-8H,9H2,2-3H3. The first kappa shape index (κ1) is 10.5. The number of likely N-dealkylation sites (N-methyl/N-ethyl adjacent to an activating group) is 1. The van der Waals surface area contributed by atoms with Gasteiger partial charge in [-0.25, -0.2) is 0 Å². The number of rotatable bonds is 3. The highest BCUT2D eigenvalue weighted by Gasteiger charge is 2.05. The highest BCUT2D eigenvalue weighted by atomic mass is 16.1. The molecule has 0 fully saturated rings. The second-order valence-electron chi connectivity index (χ2n) is 3.38. The molecule has 0 atom stereocenters. The minimum atomic E-state index is 0.110. The molecule has 0 spiro atoms. The van der Waals surface area contributed by atoms with E-state index in [4.69, 9.17) is 6.42 Å². The zero-order chi connectivity index (χ0) is 10.6. The van der Waals surface area contributed by atoms with Crippen molar-refractivity contribution in [1.82, 2.24) is 4.90 Å². The van der Waals surface area contributed by atoms with Gasteiger partial charge in [-0.2, -0.15) is 0 Å². The van der Waals surface area contributed by atoms with Gasteiger partial charge in [-0.15, -0.1) is 6.42 Å². The van der Waals surface area contributed by atoms with E-state index in [-0.39, 0.29) is 5.78 Å². The zero-order valence-corrected chi connectivity index (χ0v) is 8.45. The van der Waals surface area contributed by atoms with Crippen molar-refractivity contribution >= 4 is 5.78 Å². The van der Waals surface area contributed by atoms with Crippen LogP contribution in [0.1, 0.15) is 15.9 Å². The summed E-state index contributed by atoms with van der Waals surface area (Å²) in [5, 5.41) is 0. The van der Waals surface area contributed by atoms with Crippen LogP contribution in [0.3, 0.4) is 0 Å². The second kappa shape index (κ2) is 4.59. The monoisotopic (exact) mass is 187 g/mol. The Hall–Kier alpha value is -1.59. The largest absolute Gasteiger partial charge is 0.302 e. The number of carbonyl (C=O) groups excluding carboxylic acids is 1. The summed E-state index contributed by atoms with van der Waals surface area (Å²) in [7, 11) is 3.74. The van der Waals surface area contributed by atoms with Crippen molar-refractivity contribution in [2.24, 2.45) is 0 Å². The van der Waals surface area contributed by atoms with Crippen LogP contribution in [0.25, 0.3) is 0 Å². The third-order valence-electron chi connectivity index (χ3n) is 1.83. The van der Waals surface area contributed by atoms with Crippen LogP contribution < -0.4 is 0 Å². The van der Waals surface area contributed by atoms with Crippen molar-refractivity contribution in [2.45, 2.75) is 0 Å². The molecule has 1 rings (SSSR count). The average molecular weight is 187 g/mol. The molecule has 0 N–H and O–H groups in total. The summed E-state index contributed by atoms with van der Waals surface area (Å²) in [6.07, 6.45) is 5.21. The lowest BCUT2D eigenvalue weighted by molar-refractivity contribution is 0.0958. The third-order valence-corrected chi connectivity index (χ3v) is 1.83. The summed E-state index contributed by atoms with van der Waals surface area (Å²) in [4.78, 5) is 13.4. The van der Waals surface area contributed by atoms with Gasteiger partial charge in [0.25, 0.3) is 0 Å². The third kappa shape index (κ3) is 2.72. The minimum absolute atomic E-state index is 0.110. The van der Waals surface area contributed by atoms with Crippen LogP contribution in [0.15, 0.2) is 24.3 Å². The quantitative estimate of drug-likeness (QED) is 0.527. The molecule has 0 saturated heterocycles. The van der Waals surface area contributed by atoms with E-state index in [2.05, 4.69) is 5.92 Å². The van der Waals surface area contributed by atoms with Gasteiger partial charge in [0.2, 0.25) is 0 Å². The number of ketones is 1. The highest BCUT2D eigenvalue weighted by molar-refractivity contribution is 5.97. The summed E-state index contributed by atoms with van der Waals surface area (Å²) >= 11 is 0. The van der Waals surface area contributed by atoms with Crippen LogP contribution in [0.5, 0.6) is 0 Å². The van der Waals surface area contributed by atoms with Crippen LogP contribution in [0, 0.1) is 12.3 Å². The number of Topliss-reactive ketones (excluding diaryl/α,β-unsaturated/α-hetero) is 1. The maximum atomic E-state index is 11.6. The Balaban J connectivity index is 2.78. The molecule has 0 aliphatic carbocycles. The van der Waals surface area contributed by atoms with Crippen molar-refractivity contribution in [3.8, 4) is 12.3 Å². The molecule has 14 heavy (non-hydrogen) atoms. The molecule has 0 aliphatic heterocycles. The SMILES string of the molecule is C#Cc1ccc(C(=O)CN(C)C)cc1. The van der Waals surface area contributed by atoms with Gasteiger partial charge in [0.1, 0.15) is 0 Å². The molecule has 0 aliphatic rings. The molecule has 0 unspecified atom stereocenters. The molecule has 0 saturated carbocycles. The molecule has 2 nitrogen and oxygen atoms in total. The molecule has 1 aromatic rings. The smallest absolute Gasteiger partial charge is 0.176 e. The van der Waals surface area contributed by atoms with E-state index in [1.165, 1.54) is 0 Å². The molecule has 0 radical (unpaired) electrons. The van der Waals surface area contributed by atoms with Gasteiger partial charge in [0, 0.05) is 11.1 Å². The Kier molecular flexibility index (Phi) is 3.44. The van der Waals surface area contributed by atoms with Gasteiger partial charge in [0.05, 0.1) is 6.54 Å². The fourth-order valence-corrected chi connectivity index (χ4v) is 1.13. The van der Waals surface area contributed by atoms with Crippen LogP contribution >= 0.6 is 0 Å². The van der Waals surface area contributed by atoms with E-state index in [0.29, 0.717) is 12.1 Å². The lowest BCUT2D eigenvalue weighted by Crippen LogP contribution is -2.21. The van der Waals surface area contributed by atoms with Gasteiger partial charge >= 0.3 is 0 Å². The van der Waals surface area contributed by atoms with E-state index in [1.807, 2.05) is 19.0 Å². The Morgan fingerprint density at radius 3 is 2.36 bits per heavy atom. The molecular formula is C12H13NO. The molecule has 0 aromatic heterocycles. The van der Waals surface area contributed by atoms with Gasteiger partial charge in [-0.1, -0.05) is 18.1 Å². The lowest BCUT2D eigenvalue weighted by Gasteiger charge is -2.07. The molecule has 0 amide bonds. The first-order valence-electron chi connectivity index (χ1n) is 4.38. The first-order valence-corrected chi connectivity index (χ1v) is 4.38. The number of hydrogen-bond acceptors (Lipinski definition) is 2. The molecule has 2 heteroatoms. The predicted octanol–water partition coefficient (Wildman–Crippen LogP) is 1.41. The summed E-state index contributed by atoms with van der Waals surface area (Å²) in [6.45, 7) is 0.426. The first-order chi connectivity index (χ1) is 6.63. The summed E-state index contributed by atoms with van der Waals surface area (Å²) in [5.41, 5.74) is 1.50. The number of carbonyl (C=O) groups is 1. The minimum Gasteiger partial charge on any atom is -0.302 e. The van der Waals surface area contributed by atoms with E-state index >= 15 is 0 Å². The number of benzene rings is 1. The van der Waals surface area contributed by atoms with Crippen molar-refractivity contribution in [2.75, 3.05) is 20.6 Å². The van der Waals surface area contributed by atoms with Crippen LogP contribution in [-0.4, -0.2) is 31.3 Å². The topological polar surface area (TPSA) is 20.3 Å². The Bertz CT molecular complexity index is 357. The van der Waals surface area contributed by atoms with Gasteiger partial charge < -0.3 is 4.90 Å². The van der Waals surface area contributed by atoms with Crippen molar-refractivity contribution in [1.29, 1.82) is 0 Å². The molecule has 72 valence electrons. The fraction of sp³-hybridized carbons (Fsp3) is 0.250. The fourth-order valence-electron chi connectivity index (χ4n) is 1.13. The van der Waals surface area contributed by atoms with Crippen LogP contribution in [-0.2, 0) is 0 Å². The zero-order valence-electron chi connectivity index (χ0n) is 8.45. The van der Waals surface area contributed by atoms with Gasteiger partial charge in [-0.05, 0) is 26.2 Å². The maximum Gasteiger partial charge on any atom is 0.176 e. The number of terminal acetylenes is 1. The molecule has 0 heterocycles. The Morgan fingerprint density at radius 1 is 1.36 bits per heavy atom. The van der Waals surface area contributed by atoms with Crippen molar-refractivity contribution in [3.63, 3.8) is 0 Å². The van der Waals surface area contributed by atoms with E-state index in [0.717, 1.165) is 5.56 Å². The summed E-state index contributed by atoms with van der Waals surface area (Å²) in [6, 6.07) is 7.09. The number of nitrogens with zero attached hydrogens (tertiary/aromatic N) is 1. The lowest BCUT2D eigenvalue weighted by atomic mass is 10.1. The normalized spacial score (nSPS) is 9.86.